The van der Waals surface area contributed by atoms with E-state index in [1.165, 1.54) is 26.8 Å². The highest BCUT2D eigenvalue weighted by molar-refractivity contribution is 5.66. The van der Waals surface area contributed by atoms with E-state index in [1.807, 2.05) is 0 Å². The third-order valence-corrected chi connectivity index (χ3v) is 3.75. The van der Waals surface area contributed by atoms with E-state index < -0.39 is 58.0 Å². The van der Waals surface area contributed by atoms with E-state index in [0.717, 1.165) is 0 Å². The second-order valence-electron chi connectivity index (χ2n) is 7.18. The predicted octanol–water partition coefficient (Wildman–Crippen LogP) is 6.31. The standard InChI is InChI=1S/C17H13F9N4/c1-14(2,3)30-13(11(7-27)12(29-30)17(24,25)26)28-10-5-8(15(18,19)20)4-9(6-10)16(21,22)23/h4-6,28H,1-3H3. The number of anilines is 2. The Morgan fingerprint density at radius 1 is 0.833 bits per heavy atom. The van der Waals surface area contributed by atoms with E-state index >= 15 is 0 Å². The van der Waals surface area contributed by atoms with Crippen LogP contribution in [-0.2, 0) is 24.1 Å². The van der Waals surface area contributed by atoms with Crippen LogP contribution in [0.1, 0.15) is 43.2 Å². The molecule has 1 N–H and O–H groups in total. The first kappa shape index (κ1) is 23.4. The number of nitriles is 1. The zero-order valence-electron chi connectivity index (χ0n) is 15.5. The van der Waals surface area contributed by atoms with E-state index in [2.05, 4.69) is 10.4 Å². The van der Waals surface area contributed by atoms with Gasteiger partial charge < -0.3 is 5.32 Å². The fourth-order valence-corrected chi connectivity index (χ4v) is 2.49. The summed E-state index contributed by atoms with van der Waals surface area (Å²) in [6.45, 7) is 4.17. The first-order valence-corrected chi connectivity index (χ1v) is 8.03. The zero-order chi connectivity index (χ0) is 23.3. The minimum absolute atomic E-state index is 0.126. The van der Waals surface area contributed by atoms with Crippen LogP contribution < -0.4 is 5.32 Å². The summed E-state index contributed by atoms with van der Waals surface area (Å²) in [5.41, 5.74) is -8.04. The van der Waals surface area contributed by atoms with Crippen LogP contribution in [0, 0.1) is 11.3 Å². The van der Waals surface area contributed by atoms with Crippen molar-refractivity contribution in [1.29, 1.82) is 5.26 Å². The van der Waals surface area contributed by atoms with Crippen LogP contribution in [0.25, 0.3) is 0 Å². The lowest BCUT2D eigenvalue weighted by atomic mass is 10.1. The number of aromatic nitrogens is 2. The highest BCUT2D eigenvalue weighted by Crippen LogP contribution is 2.40. The molecule has 30 heavy (non-hydrogen) atoms. The fraction of sp³-hybridized carbons (Fsp3) is 0.412. The zero-order valence-corrected chi connectivity index (χ0v) is 15.5. The quantitative estimate of drug-likeness (QED) is 0.553. The molecule has 0 bridgehead atoms. The van der Waals surface area contributed by atoms with Crippen molar-refractivity contribution in [3.8, 4) is 6.07 Å². The molecule has 164 valence electrons. The van der Waals surface area contributed by atoms with Crippen LogP contribution in [0.2, 0.25) is 0 Å². The number of rotatable bonds is 2. The second-order valence-corrected chi connectivity index (χ2v) is 7.18. The molecule has 0 fully saturated rings. The molecule has 0 radical (unpaired) electrons. The third-order valence-electron chi connectivity index (χ3n) is 3.75. The van der Waals surface area contributed by atoms with Crippen LogP contribution in [0.15, 0.2) is 18.2 Å². The molecule has 0 aliphatic rings. The maximum atomic E-state index is 13.2. The lowest BCUT2D eigenvalue weighted by Gasteiger charge is -2.23. The van der Waals surface area contributed by atoms with Gasteiger partial charge in [-0.2, -0.15) is 49.9 Å². The van der Waals surface area contributed by atoms with Crippen molar-refractivity contribution in [3.05, 3.63) is 40.6 Å². The first-order chi connectivity index (χ1) is 13.4. The molecule has 0 aliphatic heterocycles. The van der Waals surface area contributed by atoms with Gasteiger partial charge in [0, 0.05) is 5.69 Å². The average Bonchev–Trinajstić information content (AvgIpc) is 2.91. The van der Waals surface area contributed by atoms with Crippen molar-refractivity contribution in [3.63, 3.8) is 0 Å². The van der Waals surface area contributed by atoms with Crippen molar-refractivity contribution in [2.75, 3.05) is 5.32 Å². The lowest BCUT2D eigenvalue weighted by molar-refractivity contribution is -0.143. The van der Waals surface area contributed by atoms with Gasteiger partial charge in [-0.3, -0.25) is 0 Å². The minimum atomic E-state index is -5.16. The van der Waals surface area contributed by atoms with Gasteiger partial charge in [-0.15, -0.1) is 0 Å². The van der Waals surface area contributed by atoms with Crippen molar-refractivity contribution >= 4 is 11.5 Å². The summed E-state index contributed by atoms with van der Waals surface area (Å²) in [5.74, 6) is -0.690. The highest BCUT2D eigenvalue weighted by Gasteiger charge is 2.42. The Balaban J connectivity index is 2.76. The monoisotopic (exact) mass is 444 g/mol. The average molecular weight is 444 g/mol. The van der Waals surface area contributed by atoms with Gasteiger partial charge in [-0.05, 0) is 39.0 Å². The van der Waals surface area contributed by atoms with Gasteiger partial charge in [-0.25, -0.2) is 4.68 Å². The number of hydrogen-bond donors (Lipinski definition) is 1. The molecule has 2 rings (SSSR count). The minimum Gasteiger partial charge on any atom is -0.339 e. The fourth-order valence-electron chi connectivity index (χ4n) is 2.49. The third kappa shape index (κ3) is 4.80. The van der Waals surface area contributed by atoms with Crippen molar-refractivity contribution in [2.45, 2.75) is 44.8 Å². The summed E-state index contributed by atoms with van der Waals surface area (Å²) in [6.07, 6.45) is -15.4. The molecular weight excluding hydrogens is 431 g/mol. The summed E-state index contributed by atoms with van der Waals surface area (Å²) >= 11 is 0. The Morgan fingerprint density at radius 3 is 1.63 bits per heavy atom. The Bertz CT molecular complexity index is 951. The first-order valence-electron chi connectivity index (χ1n) is 8.03. The van der Waals surface area contributed by atoms with Gasteiger partial charge in [0.2, 0.25) is 0 Å². The highest BCUT2D eigenvalue weighted by atomic mass is 19.4. The molecule has 0 saturated carbocycles. The molecule has 1 heterocycles. The van der Waals surface area contributed by atoms with E-state index in [4.69, 9.17) is 0 Å². The van der Waals surface area contributed by atoms with Gasteiger partial charge in [0.15, 0.2) is 5.69 Å². The molecular formula is C17H13F9N4. The van der Waals surface area contributed by atoms with Gasteiger partial charge in [0.25, 0.3) is 0 Å². The van der Waals surface area contributed by atoms with E-state index in [9.17, 15) is 44.8 Å². The summed E-state index contributed by atoms with van der Waals surface area (Å²) in [7, 11) is 0. The van der Waals surface area contributed by atoms with Crippen LogP contribution in [0.5, 0.6) is 0 Å². The van der Waals surface area contributed by atoms with Crippen molar-refractivity contribution in [2.24, 2.45) is 0 Å². The maximum Gasteiger partial charge on any atom is 0.436 e. The molecule has 1 aromatic heterocycles. The van der Waals surface area contributed by atoms with E-state index in [-0.39, 0.29) is 6.07 Å². The lowest BCUT2D eigenvalue weighted by Crippen LogP contribution is -2.25. The Kier molecular flexibility index (Phi) is 5.53. The van der Waals surface area contributed by atoms with Gasteiger partial charge in [0.05, 0.1) is 16.7 Å². The molecule has 0 spiro atoms. The molecule has 13 heteroatoms. The second kappa shape index (κ2) is 7.10. The summed E-state index contributed by atoms with van der Waals surface area (Å²) < 4.78 is 119. The SMILES string of the molecule is CC(C)(C)n1nc(C(F)(F)F)c(C#N)c1Nc1cc(C(F)(F)F)cc(C(F)(F)F)c1. The molecule has 1 aromatic carbocycles. The van der Waals surface area contributed by atoms with Crippen LogP contribution >= 0.6 is 0 Å². The van der Waals surface area contributed by atoms with Crippen LogP contribution in [-0.4, -0.2) is 9.78 Å². The number of hydrogen-bond acceptors (Lipinski definition) is 3. The normalized spacial score (nSPS) is 13.3. The molecule has 0 atom stereocenters. The molecule has 2 aromatic rings. The van der Waals surface area contributed by atoms with Crippen LogP contribution in [0.3, 0.4) is 0 Å². The molecule has 4 nitrogen and oxygen atoms in total. The molecule has 0 saturated heterocycles. The summed E-state index contributed by atoms with van der Waals surface area (Å²) in [5, 5.41) is 14.6. The number of alkyl halides is 9. The van der Waals surface area contributed by atoms with Crippen LogP contribution in [0.4, 0.5) is 51.0 Å². The Morgan fingerprint density at radius 2 is 1.30 bits per heavy atom. The van der Waals surface area contributed by atoms with Crippen molar-refractivity contribution < 1.29 is 39.5 Å². The largest absolute Gasteiger partial charge is 0.436 e. The van der Waals surface area contributed by atoms with E-state index in [1.54, 1.807) is 0 Å². The van der Waals surface area contributed by atoms with Gasteiger partial charge >= 0.3 is 18.5 Å². The molecule has 0 aliphatic carbocycles. The molecule has 0 unspecified atom stereocenters. The molecule has 0 amide bonds. The Labute approximate surface area is 163 Å². The van der Waals surface area contributed by atoms with E-state index in [0.29, 0.717) is 16.8 Å². The van der Waals surface area contributed by atoms with Gasteiger partial charge in [0.1, 0.15) is 17.5 Å². The smallest absolute Gasteiger partial charge is 0.339 e. The number of nitrogens with one attached hydrogen (secondary N) is 1. The van der Waals surface area contributed by atoms with Gasteiger partial charge in [-0.1, -0.05) is 0 Å². The number of benzene rings is 1. The predicted molar refractivity (Wildman–Crippen MR) is 86.7 cm³/mol. The maximum absolute atomic E-state index is 13.2. The Hall–Kier alpha value is -2.91. The summed E-state index contributed by atoms with van der Waals surface area (Å²) in [6, 6.07) is 1.73. The van der Waals surface area contributed by atoms with Crippen molar-refractivity contribution in [1.82, 2.24) is 9.78 Å². The summed E-state index contributed by atoms with van der Waals surface area (Å²) in [4.78, 5) is 0. The number of nitrogens with zero attached hydrogens (tertiary/aromatic N) is 3. The topological polar surface area (TPSA) is 53.6 Å². The number of halogens is 9.